The molecule has 0 atom stereocenters. The average Bonchev–Trinajstić information content (AvgIpc) is 3.36. The van der Waals surface area contributed by atoms with E-state index in [1.165, 1.54) is 10.8 Å². The highest BCUT2D eigenvalue weighted by Crippen LogP contribution is 2.43. The lowest BCUT2D eigenvalue weighted by Gasteiger charge is -2.27. The Labute approximate surface area is 399 Å². The number of benzene rings is 10. The fraction of sp³-hybridized carbons (Fsp3) is 0.0345. The van der Waals surface area contributed by atoms with Gasteiger partial charge in [0.25, 0.3) is 0 Å². The van der Waals surface area contributed by atoms with Gasteiger partial charge in [-0.15, -0.1) is 0 Å². The third kappa shape index (κ3) is 7.68. The number of hydrogen-bond acceptors (Lipinski definition) is 6. The maximum absolute atomic E-state index is 5.01. The summed E-state index contributed by atoms with van der Waals surface area (Å²) in [6.07, 6.45) is 3.69. The number of rotatable bonds is 6. The molecule has 12 rings (SSSR count). The number of hydrogen-bond donors (Lipinski definition) is 0. The zero-order chi connectivity index (χ0) is 44.7. The van der Waals surface area contributed by atoms with Gasteiger partial charge in [-0.1, -0.05) is 129 Å². The molecule has 0 N–H and O–H groups in total. The molecule has 6 nitrogen and oxygen atoms in total. The van der Waals surface area contributed by atoms with E-state index in [1.54, 1.807) is 0 Å². The molecule has 0 radical (unpaired) electrons. The quantitative estimate of drug-likeness (QED) is 0.155. The predicted octanol–water partition coefficient (Wildman–Crippen LogP) is 17.0. The van der Waals surface area contributed by atoms with Crippen LogP contribution in [0.1, 0.15) is 11.4 Å². The molecule has 8 heteroatoms. The van der Waals surface area contributed by atoms with Gasteiger partial charge in [0.15, 0.2) is 0 Å². The zero-order valence-corrected chi connectivity index (χ0v) is 39.2. The van der Waals surface area contributed by atoms with Crippen LogP contribution in [-0.2, 0) is 0 Å². The summed E-state index contributed by atoms with van der Waals surface area (Å²) in [6, 6.07) is 68.1. The first-order valence-electron chi connectivity index (χ1n) is 21.7. The molecule has 0 aliphatic heterocycles. The van der Waals surface area contributed by atoms with Crippen molar-refractivity contribution in [2.24, 2.45) is 0 Å². The van der Waals surface area contributed by atoms with Crippen LogP contribution in [0.5, 0.6) is 0 Å². The van der Waals surface area contributed by atoms with E-state index in [-0.39, 0.29) is 0 Å². The number of halogens is 2. The summed E-state index contributed by atoms with van der Waals surface area (Å²) in [5.74, 6) is 0. The highest BCUT2D eigenvalue weighted by atomic mass is 79.9. The van der Waals surface area contributed by atoms with Crippen LogP contribution in [0, 0.1) is 13.8 Å². The first kappa shape index (κ1) is 41.2. The molecule has 2 aromatic heterocycles. The molecule has 12 aromatic rings. The minimum absolute atomic E-state index is 0.901. The van der Waals surface area contributed by atoms with E-state index in [1.807, 2.05) is 32.3 Å². The Morgan fingerprint density at radius 1 is 0.303 bits per heavy atom. The van der Waals surface area contributed by atoms with Crippen LogP contribution in [-0.4, -0.2) is 19.9 Å². The van der Waals surface area contributed by atoms with E-state index in [0.717, 1.165) is 109 Å². The molecule has 66 heavy (non-hydrogen) atoms. The van der Waals surface area contributed by atoms with Gasteiger partial charge in [-0.05, 0) is 132 Å². The minimum atomic E-state index is 0.901. The van der Waals surface area contributed by atoms with Crippen LogP contribution >= 0.6 is 31.9 Å². The maximum atomic E-state index is 5.01. The molecule has 316 valence electrons. The number of fused-ring (bicyclic) bond motifs is 12. The van der Waals surface area contributed by atoms with Gasteiger partial charge in [0.2, 0.25) is 0 Å². The Bertz CT molecular complexity index is 3680. The van der Waals surface area contributed by atoms with Gasteiger partial charge < -0.3 is 9.80 Å². The third-order valence-electron chi connectivity index (χ3n) is 11.9. The molecule has 2 heterocycles. The van der Waals surface area contributed by atoms with Crippen LogP contribution in [0.3, 0.4) is 0 Å². The predicted molar refractivity (Wildman–Crippen MR) is 283 cm³/mol. The van der Waals surface area contributed by atoms with Crippen LogP contribution in [0.25, 0.3) is 65.2 Å². The van der Waals surface area contributed by atoms with Gasteiger partial charge in [-0.2, -0.15) is 0 Å². The first-order chi connectivity index (χ1) is 32.4. The number of aromatic nitrogens is 4. The molecule has 0 fully saturated rings. The zero-order valence-electron chi connectivity index (χ0n) is 36.1. The molecule has 0 amide bonds. The molecule has 0 saturated heterocycles. The number of nitrogens with zero attached hydrogens (tertiary/aromatic N) is 6. The van der Waals surface area contributed by atoms with Crippen molar-refractivity contribution in [3.63, 3.8) is 0 Å². The summed E-state index contributed by atoms with van der Waals surface area (Å²) in [5, 5.41) is 9.07. The third-order valence-corrected chi connectivity index (χ3v) is 12.9. The molecule has 0 saturated carbocycles. The first-order valence-corrected chi connectivity index (χ1v) is 23.3. The number of anilines is 6. The van der Waals surface area contributed by atoms with Crippen LogP contribution in [0.15, 0.2) is 215 Å². The summed E-state index contributed by atoms with van der Waals surface area (Å²) in [4.78, 5) is 23.9. The van der Waals surface area contributed by atoms with Crippen molar-refractivity contribution in [1.82, 2.24) is 19.9 Å². The largest absolute Gasteiger partial charge is 0.310 e. The Hall–Kier alpha value is -7.52. The van der Waals surface area contributed by atoms with Crippen molar-refractivity contribution < 1.29 is 0 Å². The number of para-hydroxylation sites is 4. The molecule has 0 aliphatic carbocycles. The molecule has 0 unspecified atom stereocenters. The molecular weight excluding hydrogens is 940 g/mol. The topological polar surface area (TPSA) is 58.0 Å². The van der Waals surface area contributed by atoms with Gasteiger partial charge in [0, 0.05) is 77.0 Å². The Kier molecular flexibility index (Phi) is 10.9. The lowest BCUT2D eigenvalue weighted by molar-refractivity contribution is 1.19. The van der Waals surface area contributed by atoms with Gasteiger partial charge in [0.1, 0.15) is 0 Å². The van der Waals surface area contributed by atoms with Crippen LogP contribution < -0.4 is 9.80 Å². The Balaban J connectivity index is 0.000000191. The van der Waals surface area contributed by atoms with E-state index < -0.39 is 0 Å². The second-order valence-electron chi connectivity index (χ2n) is 16.3. The lowest BCUT2D eigenvalue weighted by atomic mass is 9.97. The van der Waals surface area contributed by atoms with Crippen molar-refractivity contribution in [3.05, 3.63) is 227 Å². The maximum Gasteiger partial charge on any atom is 0.0974 e. The van der Waals surface area contributed by atoms with Crippen molar-refractivity contribution in [2.45, 2.75) is 13.8 Å². The smallest absolute Gasteiger partial charge is 0.0974 e. The summed E-state index contributed by atoms with van der Waals surface area (Å²) in [6.45, 7) is 3.98. The second-order valence-corrected chi connectivity index (χ2v) is 18.1. The van der Waals surface area contributed by atoms with Crippen molar-refractivity contribution >= 4 is 131 Å². The highest BCUT2D eigenvalue weighted by molar-refractivity contribution is 9.10. The monoisotopic (exact) mass is 978 g/mol. The molecular formula is C58H40Br2N6. The van der Waals surface area contributed by atoms with E-state index >= 15 is 0 Å². The van der Waals surface area contributed by atoms with Gasteiger partial charge >= 0.3 is 0 Å². The normalized spacial score (nSPS) is 11.3. The molecule has 10 aromatic carbocycles. The van der Waals surface area contributed by atoms with Crippen LogP contribution in [0.2, 0.25) is 0 Å². The van der Waals surface area contributed by atoms with E-state index in [9.17, 15) is 0 Å². The summed E-state index contributed by atoms with van der Waals surface area (Å²) in [7, 11) is 0. The Morgan fingerprint density at radius 3 is 0.955 bits per heavy atom. The molecule has 0 bridgehead atoms. The summed E-state index contributed by atoms with van der Waals surface area (Å²) < 4.78 is 2.13. The fourth-order valence-electron chi connectivity index (χ4n) is 9.02. The van der Waals surface area contributed by atoms with Crippen molar-refractivity contribution in [3.8, 4) is 0 Å². The van der Waals surface area contributed by atoms with E-state index in [4.69, 9.17) is 15.0 Å². The van der Waals surface area contributed by atoms with Gasteiger partial charge in [-0.25, -0.2) is 9.97 Å². The van der Waals surface area contributed by atoms with Gasteiger partial charge in [-0.3, -0.25) is 9.97 Å². The summed E-state index contributed by atoms with van der Waals surface area (Å²) in [5.41, 5.74) is 12.2. The standard InChI is InChI=1S/C41H30N4.C17H10Br2N2/c1-29-28-42-40-36-24-22-34(44(30-14-6-2-7-15-30)31-16-8-3-9-17-31)26-38(36)39-27-35(23-25-37(39)41(40)43-29)45(32-18-10-4-11-19-32)33-20-12-5-13-21-33;1-9-8-20-16-12-4-2-10(18)6-14(12)15-7-11(19)3-5-13(15)17(16)21-9/h2-28H,1H3;2-8H,1H3. The fourth-order valence-corrected chi connectivity index (χ4v) is 9.74. The molecule has 0 aliphatic rings. The lowest BCUT2D eigenvalue weighted by Crippen LogP contribution is -2.10. The van der Waals surface area contributed by atoms with Crippen molar-refractivity contribution in [2.75, 3.05) is 9.80 Å². The highest BCUT2D eigenvalue weighted by Gasteiger charge is 2.19. The molecule has 0 spiro atoms. The summed E-state index contributed by atoms with van der Waals surface area (Å²) >= 11 is 7.13. The van der Waals surface area contributed by atoms with Crippen molar-refractivity contribution in [1.29, 1.82) is 0 Å². The average molecular weight is 981 g/mol. The van der Waals surface area contributed by atoms with E-state index in [0.29, 0.717) is 0 Å². The van der Waals surface area contributed by atoms with Gasteiger partial charge in [0.05, 0.1) is 33.5 Å². The Morgan fingerprint density at radius 2 is 0.606 bits per heavy atom. The number of aryl methyl sites for hydroxylation is 2. The van der Waals surface area contributed by atoms with Crippen LogP contribution in [0.4, 0.5) is 34.1 Å². The SMILES string of the molecule is Cc1cnc2c3ccc(Br)cc3c3cc(Br)ccc3c2n1.Cc1cnc2c3ccc(N(c4ccccc4)c4ccccc4)cc3c3cc(N(c4ccccc4)c4ccccc4)ccc3c2n1. The second kappa shape index (κ2) is 17.5. The minimum Gasteiger partial charge on any atom is -0.310 e. The van der Waals surface area contributed by atoms with E-state index in [2.05, 4.69) is 235 Å².